The van der Waals surface area contributed by atoms with Crippen LogP contribution in [-0.4, -0.2) is 294 Å². The maximum atomic E-state index is 14.4. The molecule has 37 heteroatoms. The van der Waals surface area contributed by atoms with Gasteiger partial charge in [-0.3, -0.25) is 53.0 Å². The van der Waals surface area contributed by atoms with E-state index in [0.717, 1.165) is 22.0 Å². The molecule has 6 unspecified atom stereocenters. The normalized spacial score (nSPS) is 21.6. The molecule has 0 bridgehead atoms. The van der Waals surface area contributed by atoms with Crippen LogP contribution < -0.4 is 37.1 Å². The van der Waals surface area contributed by atoms with Gasteiger partial charge in [-0.2, -0.15) is 0 Å². The number of carbonyl (C=O) groups excluding carboxylic acids is 12. The van der Waals surface area contributed by atoms with Crippen molar-refractivity contribution in [2.24, 2.45) is 11.7 Å². The number of nitrogens with zero attached hydrogens (tertiary/aromatic N) is 4. The lowest BCUT2D eigenvalue weighted by molar-refractivity contribution is -0.256. The first-order chi connectivity index (χ1) is 53.1. The number of primary amides is 1. The van der Waals surface area contributed by atoms with Crippen LogP contribution >= 0.6 is 0 Å². The average molecular weight is 1560 g/mol. The molecule has 3 aromatic rings. The molecule has 4 heterocycles. The van der Waals surface area contributed by atoms with Crippen molar-refractivity contribution < 1.29 is 130 Å². The maximum absolute atomic E-state index is 14.4. The number of morpholine rings is 1. The predicted molar refractivity (Wildman–Crippen MR) is 385 cm³/mol. The molecule has 10 N–H and O–H groups in total. The summed E-state index contributed by atoms with van der Waals surface area (Å²) in [6.07, 6.45) is -5.40. The number of amides is 10. The Morgan fingerprint density at radius 3 is 2.04 bits per heavy atom. The lowest BCUT2D eigenvalue weighted by Gasteiger charge is -2.43. The van der Waals surface area contributed by atoms with Gasteiger partial charge >= 0.3 is 18.2 Å². The van der Waals surface area contributed by atoms with Gasteiger partial charge in [0.05, 0.1) is 95.5 Å². The van der Waals surface area contributed by atoms with Gasteiger partial charge in [-0.15, -0.1) is 0 Å². The highest BCUT2D eigenvalue weighted by Crippen LogP contribution is 2.53. The number of nitrogens with one attached hydrogen (secondary N) is 5. The van der Waals surface area contributed by atoms with Crippen LogP contribution in [-0.2, 0) is 98.7 Å². The SMILES string of the molecule is COc1cccc2c1C(=O)c1c(O)c3c(c(O)c1C2=O)C[C@@](O)(C(=O)COC(=O)N(C)CCN(C)C(=O)OCc1ccc(NC(=O)C(CCCNC(N)=O)NC(=O)C(NC(=O)CCOCCOCCOCCOCCNC(=O)CCN2C(=O)C=CC2=O)C(C)C)cc1)CC3OC1C[C@H]2[C@@H](O[C@@H]3C(OC)OCCN32)C(C)O1. The van der Waals surface area contributed by atoms with E-state index in [1.54, 1.807) is 45.0 Å². The Bertz CT molecular complexity index is 3900. The molecular formula is C74H98N10O27. The van der Waals surface area contributed by atoms with E-state index in [4.69, 9.17) is 62.6 Å². The molecule has 37 nitrogen and oxygen atoms in total. The Morgan fingerprint density at radius 1 is 0.739 bits per heavy atom. The van der Waals surface area contributed by atoms with Crippen molar-refractivity contribution in [1.82, 2.24) is 40.9 Å². The summed E-state index contributed by atoms with van der Waals surface area (Å²) in [5, 5.41) is 50.1. The van der Waals surface area contributed by atoms with Crippen LogP contribution in [0.1, 0.15) is 114 Å². The number of urea groups is 1. The molecule has 9 rings (SSSR count). The number of hydrogen-bond acceptors (Lipinski definition) is 28. The van der Waals surface area contributed by atoms with Gasteiger partial charge in [0.15, 0.2) is 31.2 Å². The van der Waals surface area contributed by atoms with Gasteiger partial charge in [-0.25, -0.2) is 14.4 Å². The summed E-state index contributed by atoms with van der Waals surface area (Å²) >= 11 is 0. The highest BCUT2D eigenvalue weighted by atomic mass is 16.7. The summed E-state index contributed by atoms with van der Waals surface area (Å²) < 4.78 is 68.9. The number of nitrogens with two attached hydrogens (primary N) is 1. The molecule has 606 valence electrons. The van der Waals surface area contributed by atoms with Crippen molar-refractivity contribution in [1.29, 1.82) is 0 Å². The number of benzene rings is 3. The summed E-state index contributed by atoms with van der Waals surface area (Å²) in [5.41, 5.74) is 1.74. The van der Waals surface area contributed by atoms with Gasteiger partial charge in [-0.05, 0) is 49.4 Å². The number of rotatable bonds is 40. The Balaban J connectivity index is 0.697. The highest BCUT2D eigenvalue weighted by molar-refractivity contribution is 6.31. The third-order valence-corrected chi connectivity index (χ3v) is 19.5. The van der Waals surface area contributed by atoms with Crippen LogP contribution in [0.2, 0.25) is 0 Å². The third kappa shape index (κ3) is 21.9. The van der Waals surface area contributed by atoms with Crippen molar-refractivity contribution in [3.63, 3.8) is 0 Å². The quantitative estimate of drug-likeness (QED) is 0.0170. The van der Waals surface area contributed by atoms with E-state index >= 15 is 0 Å². The number of anilines is 1. The molecule has 0 aromatic heterocycles. The van der Waals surface area contributed by atoms with Crippen LogP contribution in [0.3, 0.4) is 0 Å². The fourth-order valence-electron chi connectivity index (χ4n) is 13.5. The van der Waals surface area contributed by atoms with E-state index < -0.39 is 168 Å². The maximum Gasteiger partial charge on any atom is 0.409 e. The monoisotopic (exact) mass is 1560 g/mol. The van der Waals surface area contributed by atoms with Gasteiger partial charge in [0.2, 0.25) is 35.2 Å². The van der Waals surface area contributed by atoms with Gasteiger partial charge in [0, 0.05) is 133 Å². The number of methoxy groups -OCH3 is 2. The third-order valence-electron chi connectivity index (χ3n) is 19.5. The number of aromatic hydroxyl groups is 2. The number of likely N-dealkylation sites (N-methyl/N-ethyl adjacent to an activating group) is 2. The summed E-state index contributed by atoms with van der Waals surface area (Å²) in [5.74, 6) is -7.58. The second-order valence-electron chi connectivity index (χ2n) is 27.5. The van der Waals surface area contributed by atoms with E-state index in [2.05, 4.69) is 31.5 Å². The van der Waals surface area contributed by atoms with Gasteiger partial charge in [0.1, 0.15) is 47.6 Å². The van der Waals surface area contributed by atoms with Crippen molar-refractivity contribution in [3.8, 4) is 17.2 Å². The Labute approximate surface area is 639 Å². The summed E-state index contributed by atoms with van der Waals surface area (Å²) in [7, 11) is 5.56. The Morgan fingerprint density at radius 2 is 1.39 bits per heavy atom. The number of imide groups is 1. The zero-order chi connectivity index (χ0) is 80.2. The Kier molecular flexibility index (Phi) is 30.6. The Hall–Kier alpha value is -9.80. The molecule has 0 saturated carbocycles. The lowest BCUT2D eigenvalue weighted by Crippen LogP contribution is -2.55. The van der Waals surface area contributed by atoms with E-state index in [9.17, 15) is 72.9 Å². The number of phenolic OH excluding ortho intramolecular Hbond substituents is 2. The molecular weight excluding hydrogens is 1460 g/mol. The summed E-state index contributed by atoms with van der Waals surface area (Å²) in [6.45, 7) is 6.64. The van der Waals surface area contributed by atoms with Gasteiger partial charge < -0.3 is 114 Å². The first kappa shape index (κ1) is 85.2. The number of ether oxygens (including phenoxy) is 12. The minimum Gasteiger partial charge on any atom is -0.507 e. The molecule has 3 fully saturated rings. The number of fused-ring (bicyclic) bond motifs is 6. The van der Waals surface area contributed by atoms with Crippen LogP contribution in [0.15, 0.2) is 54.6 Å². The number of Topliss-reactive ketones (excluding diaryl/α,β-unsaturated/α-hetero) is 1. The molecule has 3 saturated heterocycles. The number of ketones is 3. The van der Waals surface area contributed by atoms with Crippen molar-refractivity contribution in [3.05, 3.63) is 93.6 Å². The second kappa shape index (κ2) is 39.9. The number of phenols is 2. The van der Waals surface area contributed by atoms with E-state index in [1.165, 1.54) is 51.4 Å². The molecule has 0 spiro atoms. The smallest absolute Gasteiger partial charge is 0.409 e. The van der Waals surface area contributed by atoms with Crippen molar-refractivity contribution in [2.45, 2.75) is 133 Å². The molecule has 4 aliphatic heterocycles. The largest absolute Gasteiger partial charge is 0.507 e. The number of aliphatic hydroxyl groups is 1. The first-order valence-electron chi connectivity index (χ1n) is 36.5. The van der Waals surface area contributed by atoms with Crippen LogP contribution in [0.4, 0.5) is 20.1 Å². The fraction of sp³-hybridized carbons (Fsp3) is 0.568. The van der Waals surface area contributed by atoms with Crippen LogP contribution in [0, 0.1) is 5.92 Å². The minimum atomic E-state index is -2.50. The second-order valence-corrected chi connectivity index (χ2v) is 27.5. The highest BCUT2D eigenvalue weighted by Gasteiger charge is 2.56. The standard InChI is InChI=1S/C74H98N10O27/c1-41(2)61(80-53(87)20-27-102-30-32-104-34-35-105-33-31-103-28-22-76-52(86)19-23-84-54(88)17-18-55(84)89)68(95)79-47(11-9-21-77-71(75)96)67(94)78-44-15-13-43(14-16-44)39-107-72(97)81(4)24-25-82(5)73(98)108-40-51(85)74(99)37-46-58(65(93)60-59(63(46)91)62(90)45-10-8-12-49(100-6)57(45)64(60)92)50(38-74)110-56-36-48-66(42(3)109-56)111-69-70(101-7)106-29-26-83(48)69/h8,10,12-18,41-42,47-48,50,56,61,66,69-70,91,93,99H,9,11,19-40H2,1-7H3,(H,76,86)(H,78,94)(H,79,95)(H,80,87)(H3,75,77,96)/t42?,47?,48-,50?,56?,61?,66-,69+,70?,74-/m0/s1. The van der Waals surface area contributed by atoms with Crippen molar-refractivity contribution >= 4 is 76.7 Å². The average Bonchev–Trinajstić information content (AvgIpc) is 1.42. The summed E-state index contributed by atoms with van der Waals surface area (Å²) in [6, 6.07) is 7.27. The molecule has 111 heavy (non-hydrogen) atoms. The predicted octanol–water partition coefficient (Wildman–Crippen LogP) is 0.956. The van der Waals surface area contributed by atoms with E-state index in [-0.39, 0.29) is 164 Å². The minimum absolute atomic E-state index is 0.00508. The number of carbonyl (C=O) groups is 12. The molecule has 10 atom stereocenters. The zero-order valence-electron chi connectivity index (χ0n) is 62.9. The van der Waals surface area contributed by atoms with Gasteiger partial charge in [0.25, 0.3) is 11.8 Å². The molecule has 0 radical (unpaired) electrons. The molecule has 6 aliphatic rings. The molecule has 10 amide bonds. The lowest BCUT2D eigenvalue weighted by atomic mass is 9.72. The first-order valence-corrected chi connectivity index (χ1v) is 36.5. The van der Waals surface area contributed by atoms with E-state index in [0.29, 0.717) is 24.4 Å². The fourth-order valence-corrected chi connectivity index (χ4v) is 13.5. The topological polar surface area (TPSA) is 475 Å². The number of hydrogen-bond donors (Lipinski definition) is 9. The van der Waals surface area contributed by atoms with E-state index in [1.807, 2.05) is 0 Å². The van der Waals surface area contributed by atoms with Crippen LogP contribution in [0.25, 0.3) is 0 Å². The zero-order valence-corrected chi connectivity index (χ0v) is 62.9. The summed E-state index contributed by atoms with van der Waals surface area (Å²) in [4.78, 5) is 162. The van der Waals surface area contributed by atoms with Gasteiger partial charge in [-0.1, -0.05) is 38.1 Å². The van der Waals surface area contributed by atoms with Crippen molar-refractivity contribution in [2.75, 3.05) is 139 Å². The van der Waals surface area contributed by atoms with Crippen LogP contribution in [0.5, 0.6) is 17.2 Å². The molecule has 2 aliphatic carbocycles. The molecule has 3 aromatic carbocycles.